The Morgan fingerprint density at radius 3 is 2.71 bits per heavy atom. The number of carbonyl (C=O) groups excluding carboxylic acids is 1. The number of aromatic nitrogens is 2. The first-order valence-electron chi connectivity index (χ1n) is 8.67. The van der Waals surface area contributed by atoms with E-state index in [-0.39, 0.29) is 5.91 Å². The molecule has 6 heteroatoms. The van der Waals surface area contributed by atoms with Gasteiger partial charge in [-0.2, -0.15) is 0 Å². The summed E-state index contributed by atoms with van der Waals surface area (Å²) in [4.78, 5) is 22.7. The minimum absolute atomic E-state index is 0.0698. The second-order valence-electron chi connectivity index (χ2n) is 5.65. The molecule has 0 atom stereocenters. The number of rotatable bonds is 10. The molecule has 2 N–H and O–H groups in total. The molecule has 1 aromatic heterocycles. The summed E-state index contributed by atoms with van der Waals surface area (Å²) in [5.41, 5.74) is 0.899. The van der Waals surface area contributed by atoms with Crippen LogP contribution in [0, 0.1) is 0 Å². The van der Waals surface area contributed by atoms with Crippen LogP contribution in [0.2, 0.25) is 0 Å². The monoisotopic (exact) mass is 329 g/mol. The van der Waals surface area contributed by atoms with E-state index in [2.05, 4.69) is 39.3 Å². The van der Waals surface area contributed by atoms with Gasteiger partial charge in [-0.15, -0.1) is 0 Å². The number of para-hydroxylation sites is 1. The number of anilines is 1. The van der Waals surface area contributed by atoms with Crippen LogP contribution in [0.25, 0.3) is 10.9 Å². The Balaban J connectivity index is 1.69. The zero-order chi connectivity index (χ0) is 17.2. The zero-order valence-corrected chi connectivity index (χ0v) is 14.6. The summed E-state index contributed by atoms with van der Waals surface area (Å²) in [6.07, 6.45) is 2.96. The average molecular weight is 329 g/mol. The van der Waals surface area contributed by atoms with Crippen LogP contribution in [-0.2, 0) is 4.79 Å². The van der Waals surface area contributed by atoms with E-state index >= 15 is 0 Å². The number of benzene rings is 1. The number of amides is 1. The molecule has 0 aliphatic rings. The van der Waals surface area contributed by atoms with Gasteiger partial charge in [0.25, 0.3) is 0 Å². The van der Waals surface area contributed by atoms with E-state index in [9.17, 15) is 4.79 Å². The number of carbonyl (C=O) groups is 1. The lowest BCUT2D eigenvalue weighted by molar-refractivity contribution is -0.120. The fraction of sp³-hybridized carbons (Fsp3) is 0.500. The van der Waals surface area contributed by atoms with Gasteiger partial charge in [-0.25, -0.2) is 9.97 Å². The maximum atomic E-state index is 11.9. The molecular weight excluding hydrogens is 302 g/mol. The maximum absolute atomic E-state index is 11.9. The second-order valence-corrected chi connectivity index (χ2v) is 5.65. The van der Waals surface area contributed by atoms with Crippen LogP contribution in [0.1, 0.15) is 26.7 Å². The van der Waals surface area contributed by atoms with Crippen molar-refractivity contribution in [3.05, 3.63) is 30.6 Å². The highest BCUT2D eigenvalue weighted by atomic mass is 16.1. The van der Waals surface area contributed by atoms with E-state index < -0.39 is 0 Å². The molecule has 0 aliphatic heterocycles. The molecule has 1 heterocycles. The lowest BCUT2D eigenvalue weighted by Gasteiger charge is -2.17. The molecule has 6 nitrogen and oxygen atoms in total. The summed E-state index contributed by atoms with van der Waals surface area (Å²) >= 11 is 0. The second kappa shape index (κ2) is 9.82. The van der Waals surface area contributed by atoms with E-state index in [4.69, 9.17) is 0 Å². The largest absolute Gasteiger partial charge is 0.369 e. The van der Waals surface area contributed by atoms with E-state index in [1.807, 2.05) is 24.3 Å². The quantitative estimate of drug-likeness (QED) is 0.655. The highest BCUT2D eigenvalue weighted by Crippen LogP contribution is 2.17. The standard InChI is InChI=1S/C18H27N5O/c1-3-23(4-2)13-7-11-19-17(24)10-12-20-18-15-8-5-6-9-16(15)21-14-22-18/h5-6,8-9,14H,3-4,7,10-13H2,1-2H3,(H,19,24)(H,20,21,22). The minimum atomic E-state index is 0.0698. The Hall–Kier alpha value is -2.21. The molecule has 0 saturated heterocycles. The highest BCUT2D eigenvalue weighted by molar-refractivity contribution is 5.88. The van der Waals surface area contributed by atoms with Gasteiger partial charge in [0, 0.05) is 24.9 Å². The van der Waals surface area contributed by atoms with E-state index in [1.54, 1.807) is 0 Å². The van der Waals surface area contributed by atoms with Gasteiger partial charge in [0.2, 0.25) is 5.91 Å². The van der Waals surface area contributed by atoms with Gasteiger partial charge in [0.05, 0.1) is 5.52 Å². The predicted molar refractivity (Wildman–Crippen MR) is 98.1 cm³/mol. The van der Waals surface area contributed by atoms with Crippen molar-refractivity contribution in [3.8, 4) is 0 Å². The zero-order valence-electron chi connectivity index (χ0n) is 14.6. The van der Waals surface area contributed by atoms with Crippen LogP contribution in [0.4, 0.5) is 5.82 Å². The van der Waals surface area contributed by atoms with Crippen LogP contribution in [0.5, 0.6) is 0 Å². The molecule has 0 bridgehead atoms. The van der Waals surface area contributed by atoms with E-state index in [1.165, 1.54) is 6.33 Å². The van der Waals surface area contributed by atoms with Gasteiger partial charge in [0.15, 0.2) is 0 Å². The first kappa shape index (κ1) is 18.1. The van der Waals surface area contributed by atoms with Gasteiger partial charge in [-0.05, 0) is 38.2 Å². The lowest BCUT2D eigenvalue weighted by atomic mass is 10.2. The Morgan fingerprint density at radius 1 is 1.12 bits per heavy atom. The van der Waals surface area contributed by atoms with Crippen molar-refractivity contribution < 1.29 is 4.79 Å². The van der Waals surface area contributed by atoms with Crippen molar-refractivity contribution >= 4 is 22.6 Å². The van der Waals surface area contributed by atoms with Crippen LogP contribution in [-0.4, -0.2) is 53.5 Å². The SMILES string of the molecule is CCN(CC)CCCNC(=O)CCNc1ncnc2ccccc12. The number of hydrogen-bond acceptors (Lipinski definition) is 5. The first-order valence-corrected chi connectivity index (χ1v) is 8.67. The fourth-order valence-electron chi connectivity index (χ4n) is 2.60. The van der Waals surface area contributed by atoms with Gasteiger partial charge in [-0.1, -0.05) is 26.0 Å². The molecule has 0 aliphatic carbocycles. The number of fused-ring (bicyclic) bond motifs is 1. The van der Waals surface area contributed by atoms with Crippen molar-refractivity contribution in [1.29, 1.82) is 0 Å². The number of hydrogen-bond donors (Lipinski definition) is 2. The average Bonchev–Trinajstić information content (AvgIpc) is 2.62. The Kier molecular flexibility index (Phi) is 7.42. The van der Waals surface area contributed by atoms with Gasteiger partial charge in [-0.3, -0.25) is 4.79 Å². The Morgan fingerprint density at radius 2 is 1.92 bits per heavy atom. The van der Waals surface area contributed by atoms with Gasteiger partial charge in [0.1, 0.15) is 12.1 Å². The maximum Gasteiger partial charge on any atom is 0.221 e. The van der Waals surface area contributed by atoms with Crippen LogP contribution in [0.3, 0.4) is 0 Å². The van der Waals surface area contributed by atoms with Crippen LogP contribution < -0.4 is 10.6 Å². The van der Waals surface area contributed by atoms with Gasteiger partial charge >= 0.3 is 0 Å². The van der Waals surface area contributed by atoms with Gasteiger partial charge < -0.3 is 15.5 Å². The third-order valence-corrected chi connectivity index (χ3v) is 4.06. The normalized spacial score (nSPS) is 11.0. The molecule has 1 amide bonds. The van der Waals surface area contributed by atoms with Crippen molar-refractivity contribution in [3.63, 3.8) is 0 Å². The molecule has 0 fully saturated rings. The summed E-state index contributed by atoms with van der Waals surface area (Å²) in [6.45, 7) is 8.74. The third kappa shape index (κ3) is 5.45. The first-order chi connectivity index (χ1) is 11.7. The summed E-state index contributed by atoms with van der Waals surface area (Å²) in [5.74, 6) is 0.843. The molecule has 0 unspecified atom stereocenters. The highest BCUT2D eigenvalue weighted by Gasteiger charge is 2.05. The summed E-state index contributed by atoms with van der Waals surface area (Å²) in [6, 6.07) is 7.83. The topological polar surface area (TPSA) is 70.2 Å². The molecule has 130 valence electrons. The molecule has 2 aromatic rings. The Bertz CT molecular complexity index is 637. The number of nitrogens with zero attached hydrogens (tertiary/aromatic N) is 3. The van der Waals surface area contributed by atoms with Crippen molar-refractivity contribution in [2.75, 3.05) is 38.0 Å². The molecule has 0 spiro atoms. The smallest absolute Gasteiger partial charge is 0.221 e. The molecule has 2 rings (SSSR count). The molecule has 0 saturated carbocycles. The summed E-state index contributed by atoms with van der Waals surface area (Å²) < 4.78 is 0. The third-order valence-electron chi connectivity index (χ3n) is 4.06. The summed E-state index contributed by atoms with van der Waals surface area (Å²) in [7, 11) is 0. The van der Waals surface area contributed by atoms with E-state index in [0.717, 1.165) is 49.3 Å². The van der Waals surface area contributed by atoms with Crippen LogP contribution in [0.15, 0.2) is 30.6 Å². The molecule has 0 radical (unpaired) electrons. The molecule has 1 aromatic carbocycles. The van der Waals surface area contributed by atoms with Crippen molar-refractivity contribution in [2.45, 2.75) is 26.7 Å². The molecular formula is C18H27N5O. The summed E-state index contributed by atoms with van der Waals surface area (Å²) in [5, 5.41) is 7.17. The van der Waals surface area contributed by atoms with E-state index in [0.29, 0.717) is 13.0 Å². The fourth-order valence-corrected chi connectivity index (χ4v) is 2.60. The van der Waals surface area contributed by atoms with Crippen LogP contribution >= 0.6 is 0 Å². The predicted octanol–water partition coefficient (Wildman–Crippen LogP) is 2.28. The Labute approximate surface area is 143 Å². The lowest BCUT2D eigenvalue weighted by Crippen LogP contribution is -2.30. The number of nitrogens with one attached hydrogen (secondary N) is 2. The molecule has 24 heavy (non-hydrogen) atoms. The van der Waals surface area contributed by atoms with Crippen molar-refractivity contribution in [1.82, 2.24) is 20.2 Å². The minimum Gasteiger partial charge on any atom is -0.369 e. The van der Waals surface area contributed by atoms with Crippen molar-refractivity contribution in [2.24, 2.45) is 0 Å².